The molecule has 1 aliphatic carbocycles. The lowest BCUT2D eigenvalue weighted by molar-refractivity contribution is -0.119. The summed E-state index contributed by atoms with van der Waals surface area (Å²) in [5, 5.41) is 12.9. The molecule has 0 unspecified atom stereocenters. The van der Waals surface area contributed by atoms with E-state index >= 15 is 0 Å². The molecular weight excluding hydrogens is 342 g/mol. The molecule has 1 saturated carbocycles. The van der Waals surface area contributed by atoms with Gasteiger partial charge in [-0.1, -0.05) is 24.6 Å². The summed E-state index contributed by atoms with van der Waals surface area (Å²) in [6.45, 7) is 1.84. The third kappa shape index (κ3) is 4.25. The Morgan fingerprint density at radius 2 is 2.28 bits per heavy atom. The van der Waals surface area contributed by atoms with E-state index in [1.54, 1.807) is 23.0 Å². The van der Waals surface area contributed by atoms with Crippen molar-refractivity contribution in [2.24, 2.45) is 0 Å². The van der Waals surface area contributed by atoms with Crippen LogP contribution in [0.5, 0.6) is 5.88 Å². The number of carbonyl (C=O) groups is 1. The molecule has 0 aliphatic heterocycles. The zero-order valence-corrected chi connectivity index (χ0v) is 14.8. The molecule has 0 aromatic carbocycles. The van der Waals surface area contributed by atoms with Gasteiger partial charge in [0.25, 0.3) is 5.56 Å². The molecule has 1 aliphatic rings. The molecular formula is C17H21N3O4S. The monoisotopic (exact) mass is 363 g/mol. The Hall–Kier alpha value is -2.22. The third-order valence-electron chi connectivity index (χ3n) is 4.28. The minimum absolute atomic E-state index is 0.0909. The number of nitrogens with zero attached hydrogens (tertiary/aromatic N) is 2. The molecule has 2 aromatic rings. The second kappa shape index (κ2) is 7.77. The van der Waals surface area contributed by atoms with Crippen molar-refractivity contribution >= 4 is 17.7 Å². The highest BCUT2D eigenvalue weighted by atomic mass is 32.2. The van der Waals surface area contributed by atoms with Gasteiger partial charge < -0.3 is 14.8 Å². The van der Waals surface area contributed by atoms with Gasteiger partial charge in [0.1, 0.15) is 5.76 Å². The predicted molar refractivity (Wildman–Crippen MR) is 93.7 cm³/mol. The first-order valence-corrected chi connectivity index (χ1v) is 9.31. The first kappa shape index (κ1) is 17.6. The van der Waals surface area contributed by atoms with Gasteiger partial charge in [0.05, 0.1) is 24.1 Å². The SMILES string of the molecule is C[C@H](NC(=O)CSc1nc(O)cc(=O)n1C1CCCC1)c1ccco1. The Bertz CT molecular complexity index is 782. The van der Waals surface area contributed by atoms with Crippen LogP contribution in [0.25, 0.3) is 0 Å². The van der Waals surface area contributed by atoms with Gasteiger partial charge in [-0.25, -0.2) is 0 Å². The molecule has 8 heteroatoms. The van der Waals surface area contributed by atoms with E-state index in [2.05, 4.69) is 10.3 Å². The van der Waals surface area contributed by atoms with Gasteiger partial charge in [-0.15, -0.1) is 0 Å². The highest BCUT2D eigenvalue weighted by Gasteiger charge is 2.23. The molecule has 2 N–H and O–H groups in total. The van der Waals surface area contributed by atoms with Crippen molar-refractivity contribution in [3.05, 3.63) is 40.6 Å². The molecule has 1 fully saturated rings. The number of thioether (sulfide) groups is 1. The summed E-state index contributed by atoms with van der Waals surface area (Å²) in [5.74, 6) is 0.278. The number of aromatic hydroxyl groups is 1. The van der Waals surface area contributed by atoms with Crippen molar-refractivity contribution < 1.29 is 14.3 Å². The van der Waals surface area contributed by atoms with E-state index in [4.69, 9.17) is 4.42 Å². The minimum atomic E-state index is -0.314. The fraction of sp³-hybridized carbons (Fsp3) is 0.471. The molecule has 25 heavy (non-hydrogen) atoms. The largest absolute Gasteiger partial charge is 0.493 e. The summed E-state index contributed by atoms with van der Waals surface area (Å²) in [7, 11) is 0. The highest BCUT2D eigenvalue weighted by molar-refractivity contribution is 7.99. The molecule has 2 heterocycles. The third-order valence-corrected chi connectivity index (χ3v) is 5.23. The summed E-state index contributed by atoms with van der Waals surface area (Å²) in [4.78, 5) is 28.5. The fourth-order valence-corrected chi connectivity index (χ4v) is 3.96. The van der Waals surface area contributed by atoms with Crippen LogP contribution in [0, 0.1) is 0 Å². The van der Waals surface area contributed by atoms with Crippen LogP contribution >= 0.6 is 11.8 Å². The minimum Gasteiger partial charge on any atom is -0.493 e. The molecule has 7 nitrogen and oxygen atoms in total. The van der Waals surface area contributed by atoms with Crippen molar-refractivity contribution in [2.45, 2.75) is 49.8 Å². The van der Waals surface area contributed by atoms with Crippen LogP contribution in [0.4, 0.5) is 0 Å². The summed E-state index contributed by atoms with van der Waals surface area (Å²) in [5.41, 5.74) is -0.272. The van der Waals surface area contributed by atoms with E-state index in [0.29, 0.717) is 10.9 Å². The Balaban J connectivity index is 1.68. The predicted octanol–water partition coefficient (Wildman–Crippen LogP) is 2.63. The molecule has 1 amide bonds. The van der Waals surface area contributed by atoms with Crippen LogP contribution in [0.15, 0.2) is 38.8 Å². The first-order chi connectivity index (χ1) is 12.0. The number of carbonyl (C=O) groups excluding carboxylic acids is 1. The summed E-state index contributed by atoms with van der Waals surface area (Å²) >= 11 is 1.16. The van der Waals surface area contributed by atoms with E-state index in [9.17, 15) is 14.7 Å². The Kier molecular flexibility index (Phi) is 5.47. The van der Waals surface area contributed by atoms with Crippen LogP contribution < -0.4 is 10.9 Å². The Morgan fingerprint density at radius 1 is 1.52 bits per heavy atom. The van der Waals surface area contributed by atoms with Gasteiger partial charge in [0.15, 0.2) is 5.16 Å². The molecule has 0 bridgehead atoms. The van der Waals surface area contributed by atoms with E-state index < -0.39 is 0 Å². The van der Waals surface area contributed by atoms with E-state index in [-0.39, 0.29) is 35.2 Å². The fourth-order valence-electron chi connectivity index (χ4n) is 3.08. The smallest absolute Gasteiger partial charge is 0.258 e. The van der Waals surface area contributed by atoms with Crippen LogP contribution in [-0.2, 0) is 4.79 Å². The molecule has 134 valence electrons. The maximum Gasteiger partial charge on any atom is 0.258 e. The van der Waals surface area contributed by atoms with Crippen LogP contribution in [-0.4, -0.2) is 26.3 Å². The second-order valence-electron chi connectivity index (χ2n) is 6.14. The quantitative estimate of drug-likeness (QED) is 0.605. The lowest BCUT2D eigenvalue weighted by atomic mass is 10.2. The summed E-state index contributed by atoms with van der Waals surface area (Å²) in [6.07, 6.45) is 5.54. The van der Waals surface area contributed by atoms with Crippen molar-refractivity contribution in [3.63, 3.8) is 0 Å². The molecule has 0 radical (unpaired) electrons. The van der Waals surface area contributed by atoms with Crippen molar-refractivity contribution in [2.75, 3.05) is 5.75 Å². The summed E-state index contributed by atoms with van der Waals surface area (Å²) in [6, 6.07) is 4.54. The maximum atomic E-state index is 12.3. The number of rotatable bonds is 6. The standard InChI is InChI=1S/C17H21N3O4S/c1-11(13-7-4-8-24-13)18-15(22)10-25-17-19-14(21)9-16(23)20(17)12-5-2-3-6-12/h4,7-9,11-12,21H,2-3,5-6,10H2,1H3,(H,18,22)/t11-/m0/s1. The average molecular weight is 363 g/mol. The van der Waals surface area contributed by atoms with Gasteiger partial charge in [-0.3, -0.25) is 14.2 Å². The first-order valence-electron chi connectivity index (χ1n) is 8.32. The molecule has 0 saturated heterocycles. The Morgan fingerprint density at radius 3 is 2.96 bits per heavy atom. The zero-order chi connectivity index (χ0) is 17.8. The lowest BCUT2D eigenvalue weighted by Crippen LogP contribution is -2.29. The van der Waals surface area contributed by atoms with Crippen molar-refractivity contribution in [1.29, 1.82) is 0 Å². The molecule has 1 atom stereocenters. The van der Waals surface area contributed by atoms with Gasteiger partial charge in [-0.2, -0.15) is 4.98 Å². The van der Waals surface area contributed by atoms with Crippen LogP contribution in [0.2, 0.25) is 0 Å². The topological polar surface area (TPSA) is 97.4 Å². The normalized spacial score (nSPS) is 16.0. The molecule has 0 spiro atoms. The number of amides is 1. The van der Waals surface area contributed by atoms with Gasteiger partial charge in [0, 0.05) is 6.04 Å². The highest BCUT2D eigenvalue weighted by Crippen LogP contribution is 2.31. The lowest BCUT2D eigenvalue weighted by Gasteiger charge is -2.17. The van der Waals surface area contributed by atoms with Crippen molar-refractivity contribution in [1.82, 2.24) is 14.9 Å². The number of aromatic nitrogens is 2. The molecule has 3 rings (SSSR count). The van der Waals surface area contributed by atoms with Gasteiger partial charge in [-0.05, 0) is 31.9 Å². The van der Waals surface area contributed by atoms with Gasteiger partial charge in [0.2, 0.25) is 11.8 Å². The van der Waals surface area contributed by atoms with E-state index in [1.165, 1.54) is 0 Å². The second-order valence-corrected chi connectivity index (χ2v) is 7.08. The summed E-state index contributed by atoms with van der Waals surface area (Å²) < 4.78 is 6.88. The number of hydrogen-bond acceptors (Lipinski definition) is 6. The van der Waals surface area contributed by atoms with Crippen molar-refractivity contribution in [3.8, 4) is 5.88 Å². The number of furan rings is 1. The van der Waals surface area contributed by atoms with Gasteiger partial charge >= 0.3 is 0 Å². The molecule has 2 aromatic heterocycles. The number of nitrogens with one attached hydrogen (secondary N) is 1. The maximum absolute atomic E-state index is 12.3. The average Bonchev–Trinajstić information content (AvgIpc) is 3.25. The van der Waals surface area contributed by atoms with E-state index in [0.717, 1.165) is 43.5 Å². The Labute approximate surface area is 149 Å². The van der Waals surface area contributed by atoms with Crippen LogP contribution in [0.1, 0.15) is 50.5 Å². The number of hydrogen-bond donors (Lipinski definition) is 2. The van der Waals surface area contributed by atoms with Crippen LogP contribution in [0.3, 0.4) is 0 Å². The zero-order valence-electron chi connectivity index (χ0n) is 14.0. The van der Waals surface area contributed by atoms with E-state index in [1.807, 2.05) is 6.92 Å².